The van der Waals surface area contributed by atoms with Crippen LogP contribution in [0.2, 0.25) is 0 Å². The number of halogens is 1. The van der Waals surface area contributed by atoms with Crippen molar-refractivity contribution in [1.82, 2.24) is 14.7 Å². The van der Waals surface area contributed by atoms with Crippen molar-refractivity contribution in [3.05, 3.63) is 34.9 Å². The molecule has 2 bridgehead atoms. The van der Waals surface area contributed by atoms with Gasteiger partial charge in [0, 0.05) is 25.7 Å². The highest BCUT2D eigenvalue weighted by atomic mass is 19.1. The quantitative estimate of drug-likeness (QED) is 0.728. The lowest BCUT2D eigenvalue weighted by atomic mass is 10.00. The van der Waals surface area contributed by atoms with E-state index < -0.39 is 18.8 Å². The van der Waals surface area contributed by atoms with Crippen LogP contribution >= 0.6 is 0 Å². The van der Waals surface area contributed by atoms with Crippen LogP contribution in [0.4, 0.5) is 4.39 Å². The Morgan fingerprint density at radius 3 is 2.72 bits per heavy atom. The maximum atomic E-state index is 13.2. The van der Waals surface area contributed by atoms with Gasteiger partial charge in [-0.25, -0.2) is 4.39 Å². The zero-order valence-corrected chi connectivity index (χ0v) is 19.0. The van der Waals surface area contributed by atoms with Gasteiger partial charge in [-0.05, 0) is 43.7 Å². The van der Waals surface area contributed by atoms with E-state index in [0.717, 1.165) is 11.1 Å². The van der Waals surface area contributed by atoms with Crippen molar-refractivity contribution in [2.24, 2.45) is 11.7 Å². The SMILES string of the molecule is Cc1cc(CF)cc(C(C)N2C(=O)C3CC2CN3CC(N)C(=O)N2CC(C)CC2C#N)c1. The van der Waals surface area contributed by atoms with E-state index in [2.05, 4.69) is 6.07 Å². The summed E-state index contributed by atoms with van der Waals surface area (Å²) in [5, 5.41) is 9.35. The number of benzene rings is 1. The van der Waals surface area contributed by atoms with Crippen LogP contribution in [0, 0.1) is 24.2 Å². The van der Waals surface area contributed by atoms with E-state index in [1.165, 1.54) is 0 Å². The first-order chi connectivity index (χ1) is 15.2. The first-order valence-electron chi connectivity index (χ1n) is 11.4. The fourth-order valence-electron chi connectivity index (χ4n) is 5.73. The highest BCUT2D eigenvalue weighted by Crippen LogP contribution is 2.38. The van der Waals surface area contributed by atoms with E-state index >= 15 is 0 Å². The molecule has 6 atom stereocenters. The number of amides is 2. The number of hydrogen-bond acceptors (Lipinski definition) is 5. The van der Waals surface area contributed by atoms with Crippen molar-refractivity contribution >= 4 is 11.8 Å². The largest absolute Gasteiger partial charge is 0.330 e. The number of piperazine rings is 1. The van der Waals surface area contributed by atoms with E-state index in [1.54, 1.807) is 4.90 Å². The molecule has 4 rings (SSSR count). The summed E-state index contributed by atoms with van der Waals surface area (Å²) in [7, 11) is 0. The smallest absolute Gasteiger partial charge is 0.241 e. The van der Waals surface area contributed by atoms with Crippen molar-refractivity contribution in [2.75, 3.05) is 19.6 Å². The predicted molar refractivity (Wildman–Crippen MR) is 118 cm³/mol. The van der Waals surface area contributed by atoms with E-state index in [0.29, 0.717) is 38.0 Å². The average Bonchev–Trinajstić information content (AvgIpc) is 3.44. The summed E-state index contributed by atoms with van der Waals surface area (Å²) in [6, 6.07) is 6.35. The minimum atomic E-state index is -0.752. The van der Waals surface area contributed by atoms with Crippen LogP contribution in [-0.2, 0) is 16.3 Å². The topological polar surface area (TPSA) is 93.7 Å². The molecule has 1 aromatic carbocycles. The van der Waals surface area contributed by atoms with E-state index in [4.69, 9.17) is 5.73 Å². The van der Waals surface area contributed by atoms with Crippen LogP contribution in [0.3, 0.4) is 0 Å². The van der Waals surface area contributed by atoms with Crippen molar-refractivity contribution in [2.45, 2.75) is 70.5 Å². The maximum absolute atomic E-state index is 13.2. The molecule has 7 nitrogen and oxygen atoms in total. The molecule has 3 fully saturated rings. The highest BCUT2D eigenvalue weighted by molar-refractivity contribution is 5.87. The molecule has 32 heavy (non-hydrogen) atoms. The fourth-order valence-corrected chi connectivity index (χ4v) is 5.73. The number of fused-ring (bicyclic) bond motifs is 2. The zero-order chi connectivity index (χ0) is 23.2. The number of aryl methyl sites for hydroxylation is 1. The Balaban J connectivity index is 1.41. The summed E-state index contributed by atoms with van der Waals surface area (Å²) >= 11 is 0. The normalized spacial score (nSPS) is 29.4. The summed E-state index contributed by atoms with van der Waals surface area (Å²) in [6.45, 7) is 6.97. The summed E-state index contributed by atoms with van der Waals surface area (Å²) in [6.07, 6.45) is 1.39. The van der Waals surface area contributed by atoms with Gasteiger partial charge < -0.3 is 15.5 Å². The lowest BCUT2D eigenvalue weighted by Crippen LogP contribution is -2.56. The number of hydrogen-bond donors (Lipinski definition) is 1. The summed E-state index contributed by atoms with van der Waals surface area (Å²) in [5.41, 5.74) is 8.80. The molecular formula is C24H32FN5O2. The Kier molecular flexibility index (Phi) is 6.24. The maximum Gasteiger partial charge on any atom is 0.241 e. The third-order valence-corrected chi connectivity index (χ3v) is 7.22. The van der Waals surface area contributed by atoms with E-state index in [1.807, 2.05) is 48.8 Å². The molecule has 1 aromatic rings. The van der Waals surface area contributed by atoms with Gasteiger partial charge in [0.15, 0.2) is 0 Å². The minimum Gasteiger partial charge on any atom is -0.330 e. The Morgan fingerprint density at radius 1 is 1.31 bits per heavy atom. The Morgan fingerprint density at radius 2 is 2.06 bits per heavy atom. The minimum absolute atomic E-state index is 0.0430. The Bertz CT molecular complexity index is 947. The van der Waals surface area contributed by atoms with Crippen LogP contribution in [0.1, 0.15) is 49.4 Å². The third-order valence-electron chi connectivity index (χ3n) is 7.22. The summed E-state index contributed by atoms with van der Waals surface area (Å²) in [4.78, 5) is 31.6. The number of rotatable bonds is 6. The highest BCUT2D eigenvalue weighted by Gasteiger charge is 2.51. The molecule has 3 aliphatic heterocycles. The van der Waals surface area contributed by atoms with Crippen molar-refractivity contribution in [3.8, 4) is 6.07 Å². The fraction of sp³-hybridized carbons (Fsp3) is 0.625. The number of carbonyl (C=O) groups is 2. The Labute approximate surface area is 188 Å². The average molecular weight is 442 g/mol. The van der Waals surface area contributed by atoms with Crippen LogP contribution in [0.25, 0.3) is 0 Å². The van der Waals surface area contributed by atoms with Gasteiger partial charge in [-0.15, -0.1) is 0 Å². The second-order valence-corrected chi connectivity index (χ2v) is 9.75. The molecule has 3 heterocycles. The molecule has 172 valence electrons. The van der Waals surface area contributed by atoms with Gasteiger partial charge in [0.2, 0.25) is 11.8 Å². The molecule has 0 aromatic heterocycles. The molecule has 2 amide bonds. The van der Waals surface area contributed by atoms with Gasteiger partial charge in [-0.1, -0.05) is 30.7 Å². The molecule has 3 saturated heterocycles. The van der Waals surface area contributed by atoms with E-state index in [9.17, 15) is 19.2 Å². The first kappa shape index (κ1) is 22.7. The second kappa shape index (κ2) is 8.80. The number of alkyl halides is 1. The number of nitriles is 1. The monoisotopic (exact) mass is 441 g/mol. The number of nitrogens with zero attached hydrogens (tertiary/aromatic N) is 4. The summed E-state index contributed by atoms with van der Waals surface area (Å²) in [5.74, 6) is 0.121. The van der Waals surface area contributed by atoms with Crippen LogP contribution in [0.15, 0.2) is 18.2 Å². The van der Waals surface area contributed by atoms with Gasteiger partial charge in [-0.2, -0.15) is 5.26 Å². The predicted octanol–water partition coefficient (Wildman–Crippen LogP) is 1.90. The molecule has 0 saturated carbocycles. The molecule has 0 radical (unpaired) electrons. The molecular weight excluding hydrogens is 409 g/mol. The van der Waals surface area contributed by atoms with Crippen molar-refractivity contribution < 1.29 is 14.0 Å². The number of carbonyl (C=O) groups excluding carboxylic acids is 2. The molecule has 3 aliphatic rings. The van der Waals surface area contributed by atoms with E-state index in [-0.39, 0.29) is 35.9 Å². The Hall–Kier alpha value is -2.50. The van der Waals surface area contributed by atoms with Gasteiger partial charge in [0.25, 0.3) is 0 Å². The van der Waals surface area contributed by atoms with Gasteiger partial charge in [-0.3, -0.25) is 14.5 Å². The van der Waals surface area contributed by atoms with Crippen LogP contribution < -0.4 is 5.73 Å². The van der Waals surface area contributed by atoms with Gasteiger partial charge >= 0.3 is 0 Å². The van der Waals surface area contributed by atoms with Crippen molar-refractivity contribution in [3.63, 3.8) is 0 Å². The van der Waals surface area contributed by atoms with Crippen molar-refractivity contribution in [1.29, 1.82) is 5.26 Å². The molecule has 8 heteroatoms. The lowest BCUT2D eigenvalue weighted by Gasteiger charge is -2.38. The second-order valence-electron chi connectivity index (χ2n) is 9.75. The third kappa shape index (κ3) is 4.00. The standard InChI is InChI=1S/C24H32FN5O2/c1-14-4-17(9-25)7-18(5-14)16(3)30-20-8-22(24(30)32)28(12-20)13-21(27)23(31)29-11-15(2)6-19(29)10-26/h4-5,7,15-16,19-22H,6,8-9,11-13,27H2,1-3H3. The zero-order valence-electron chi connectivity index (χ0n) is 19.0. The molecule has 0 aliphatic carbocycles. The lowest BCUT2D eigenvalue weighted by molar-refractivity contribution is -0.141. The van der Waals surface area contributed by atoms with Gasteiger partial charge in [0.05, 0.1) is 24.2 Å². The number of nitrogens with two attached hydrogens (primary N) is 1. The molecule has 2 N–H and O–H groups in total. The van der Waals surface area contributed by atoms with Crippen LogP contribution in [0.5, 0.6) is 0 Å². The summed E-state index contributed by atoms with van der Waals surface area (Å²) < 4.78 is 13.2. The van der Waals surface area contributed by atoms with Crippen LogP contribution in [-0.4, -0.2) is 70.3 Å². The molecule has 6 unspecified atom stereocenters. The molecule has 0 spiro atoms. The first-order valence-corrected chi connectivity index (χ1v) is 11.4. The number of likely N-dealkylation sites (tertiary alicyclic amines) is 3. The van der Waals surface area contributed by atoms with Gasteiger partial charge in [0.1, 0.15) is 12.7 Å².